The monoisotopic (exact) mass is 301 g/mol. The number of aliphatic hydroxyl groups is 1. The molecule has 0 aliphatic heterocycles. The molecule has 0 aromatic heterocycles. The number of amides is 1. The molecule has 21 heavy (non-hydrogen) atoms. The van der Waals surface area contributed by atoms with E-state index in [-0.39, 0.29) is 13.0 Å². The SMILES string of the molecule is O=C(COCC(F)(F)F)Nc1ccccc1C#CCCO. The summed E-state index contributed by atoms with van der Waals surface area (Å²) in [4.78, 5) is 11.5. The molecule has 0 heterocycles. The number of benzene rings is 1. The third-order valence-corrected chi connectivity index (χ3v) is 2.16. The molecule has 0 aliphatic rings. The van der Waals surface area contributed by atoms with Crippen LogP contribution >= 0.6 is 0 Å². The molecule has 2 N–H and O–H groups in total. The molecular formula is C14H14F3NO3. The van der Waals surface area contributed by atoms with Crippen molar-refractivity contribution in [3.63, 3.8) is 0 Å². The number of anilines is 1. The van der Waals surface area contributed by atoms with E-state index in [2.05, 4.69) is 21.9 Å². The predicted molar refractivity (Wildman–Crippen MR) is 70.5 cm³/mol. The van der Waals surface area contributed by atoms with Crippen molar-refractivity contribution in [3.05, 3.63) is 29.8 Å². The van der Waals surface area contributed by atoms with Crippen molar-refractivity contribution in [2.24, 2.45) is 0 Å². The molecule has 0 bridgehead atoms. The molecule has 7 heteroatoms. The van der Waals surface area contributed by atoms with Gasteiger partial charge >= 0.3 is 6.18 Å². The lowest BCUT2D eigenvalue weighted by molar-refractivity contribution is -0.174. The summed E-state index contributed by atoms with van der Waals surface area (Å²) < 4.78 is 39.9. The van der Waals surface area contributed by atoms with Crippen LogP contribution < -0.4 is 5.32 Å². The van der Waals surface area contributed by atoms with Gasteiger partial charge in [-0.2, -0.15) is 13.2 Å². The Kier molecular flexibility index (Phi) is 6.72. The summed E-state index contributed by atoms with van der Waals surface area (Å²) in [6.07, 6.45) is -4.18. The first kappa shape index (κ1) is 17.0. The minimum Gasteiger partial charge on any atom is -0.395 e. The van der Waals surface area contributed by atoms with Crippen LogP contribution in [0.5, 0.6) is 0 Å². The van der Waals surface area contributed by atoms with E-state index >= 15 is 0 Å². The Morgan fingerprint density at radius 2 is 2.05 bits per heavy atom. The molecular weight excluding hydrogens is 287 g/mol. The van der Waals surface area contributed by atoms with Gasteiger partial charge in [-0.25, -0.2) is 0 Å². The molecule has 0 fully saturated rings. The summed E-state index contributed by atoms with van der Waals surface area (Å²) in [6, 6.07) is 6.59. The molecule has 0 spiro atoms. The minimum absolute atomic E-state index is 0.0766. The number of hydrogen-bond donors (Lipinski definition) is 2. The maximum absolute atomic E-state index is 11.9. The molecule has 0 saturated carbocycles. The van der Waals surface area contributed by atoms with Crippen LogP contribution in [-0.4, -0.2) is 37.0 Å². The second kappa shape index (κ2) is 8.29. The lowest BCUT2D eigenvalue weighted by Crippen LogP contribution is -2.24. The number of carbonyl (C=O) groups is 1. The molecule has 0 atom stereocenters. The number of para-hydroxylation sites is 1. The number of carbonyl (C=O) groups excluding carboxylic acids is 1. The van der Waals surface area contributed by atoms with Crippen LogP contribution in [0.1, 0.15) is 12.0 Å². The molecule has 1 aromatic rings. The zero-order chi connectivity index (χ0) is 15.7. The highest BCUT2D eigenvalue weighted by atomic mass is 19.4. The fraction of sp³-hybridized carbons (Fsp3) is 0.357. The Bertz CT molecular complexity index is 532. The predicted octanol–water partition coefficient (Wildman–Crippen LogP) is 1.94. The van der Waals surface area contributed by atoms with Gasteiger partial charge in [0.25, 0.3) is 0 Å². The number of nitrogens with one attached hydrogen (secondary N) is 1. The number of halogens is 3. The first-order chi connectivity index (χ1) is 9.92. The van der Waals surface area contributed by atoms with Gasteiger partial charge in [0.1, 0.15) is 13.2 Å². The third-order valence-electron chi connectivity index (χ3n) is 2.16. The van der Waals surface area contributed by atoms with Crippen LogP contribution in [0.25, 0.3) is 0 Å². The highest BCUT2D eigenvalue weighted by molar-refractivity contribution is 5.93. The molecule has 1 aromatic carbocycles. The number of hydrogen-bond acceptors (Lipinski definition) is 3. The highest BCUT2D eigenvalue weighted by Gasteiger charge is 2.27. The summed E-state index contributed by atoms with van der Waals surface area (Å²) >= 11 is 0. The second-order valence-electron chi connectivity index (χ2n) is 3.98. The van der Waals surface area contributed by atoms with Gasteiger partial charge in [0, 0.05) is 12.0 Å². The van der Waals surface area contributed by atoms with Gasteiger partial charge in [-0.3, -0.25) is 4.79 Å². The number of ether oxygens (including phenoxy) is 1. The van der Waals surface area contributed by atoms with Gasteiger partial charge in [-0.15, -0.1) is 0 Å². The number of alkyl halides is 3. The maximum Gasteiger partial charge on any atom is 0.411 e. The van der Waals surface area contributed by atoms with Crippen LogP contribution in [0, 0.1) is 11.8 Å². The minimum atomic E-state index is -4.46. The van der Waals surface area contributed by atoms with E-state index in [1.165, 1.54) is 0 Å². The second-order valence-corrected chi connectivity index (χ2v) is 3.98. The third kappa shape index (κ3) is 7.34. The van der Waals surface area contributed by atoms with E-state index in [1.54, 1.807) is 24.3 Å². The quantitative estimate of drug-likeness (QED) is 0.817. The first-order valence-corrected chi connectivity index (χ1v) is 6.05. The zero-order valence-electron chi connectivity index (χ0n) is 11.0. The lowest BCUT2D eigenvalue weighted by atomic mass is 10.1. The van der Waals surface area contributed by atoms with Crippen LogP contribution in [-0.2, 0) is 9.53 Å². The molecule has 1 amide bonds. The average molecular weight is 301 g/mol. The van der Waals surface area contributed by atoms with Crippen LogP contribution in [0.15, 0.2) is 24.3 Å². The fourth-order valence-corrected chi connectivity index (χ4v) is 1.36. The van der Waals surface area contributed by atoms with E-state index in [4.69, 9.17) is 5.11 Å². The van der Waals surface area contributed by atoms with Gasteiger partial charge in [0.15, 0.2) is 0 Å². The molecule has 114 valence electrons. The zero-order valence-corrected chi connectivity index (χ0v) is 11.0. The Labute approximate surface area is 119 Å². The van der Waals surface area contributed by atoms with Crippen molar-refractivity contribution < 1.29 is 27.8 Å². The van der Waals surface area contributed by atoms with Crippen molar-refractivity contribution in [1.29, 1.82) is 0 Å². The van der Waals surface area contributed by atoms with Crippen molar-refractivity contribution in [1.82, 2.24) is 0 Å². The van der Waals surface area contributed by atoms with Gasteiger partial charge in [0.2, 0.25) is 5.91 Å². The van der Waals surface area contributed by atoms with E-state index in [0.29, 0.717) is 11.3 Å². The van der Waals surface area contributed by atoms with Gasteiger partial charge < -0.3 is 15.2 Å². The number of aliphatic hydroxyl groups excluding tert-OH is 1. The standard InChI is InChI=1S/C14H14F3NO3/c15-14(16,17)10-21-9-13(20)18-12-7-2-1-5-11(12)6-3-4-8-19/h1-2,5,7,19H,4,8-10H2,(H,18,20). The normalized spacial score (nSPS) is 10.7. The van der Waals surface area contributed by atoms with E-state index in [1.807, 2.05) is 0 Å². The molecule has 0 unspecified atom stereocenters. The van der Waals surface area contributed by atoms with Crippen LogP contribution in [0.4, 0.5) is 18.9 Å². The fourth-order valence-electron chi connectivity index (χ4n) is 1.36. The molecule has 1 rings (SSSR count). The van der Waals surface area contributed by atoms with Crippen molar-refractivity contribution in [2.45, 2.75) is 12.6 Å². The van der Waals surface area contributed by atoms with E-state index < -0.39 is 25.3 Å². The summed E-state index contributed by atoms with van der Waals surface area (Å²) in [6.45, 7) is -2.25. The Morgan fingerprint density at radius 3 is 2.71 bits per heavy atom. The molecule has 4 nitrogen and oxygen atoms in total. The van der Waals surface area contributed by atoms with E-state index in [9.17, 15) is 18.0 Å². The van der Waals surface area contributed by atoms with Crippen LogP contribution in [0.2, 0.25) is 0 Å². The summed E-state index contributed by atoms with van der Waals surface area (Å²) in [5, 5.41) is 11.1. The maximum atomic E-state index is 11.9. The van der Waals surface area contributed by atoms with Crippen molar-refractivity contribution in [2.75, 3.05) is 25.1 Å². The van der Waals surface area contributed by atoms with Gasteiger partial charge in [0.05, 0.1) is 12.3 Å². The topological polar surface area (TPSA) is 58.6 Å². The molecule has 0 saturated heterocycles. The lowest BCUT2D eigenvalue weighted by Gasteiger charge is -2.09. The average Bonchev–Trinajstić information content (AvgIpc) is 2.39. The first-order valence-electron chi connectivity index (χ1n) is 6.05. The molecule has 0 aliphatic carbocycles. The highest BCUT2D eigenvalue weighted by Crippen LogP contribution is 2.15. The van der Waals surface area contributed by atoms with E-state index in [0.717, 1.165) is 0 Å². The molecule has 0 radical (unpaired) electrons. The Morgan fingerprint density at radius 1 is 1.33 bits per heavy atom. The largest absolute Gasteiger partial charge is 0.411 e. The summed E-state index contributed by atoms with van der Waals surface area (Å²) in [5.41, 5.74) is 0.888. The van der Waals surface area contributed by atoms with Gasteiger partial charge in [-0.1, -0.05) is 24.0 Å². The Hall–Kier alpha value is -2.04. The van der Waals surface area contributed by atoms with Gasteiger partial charge in [-0.05, 0) is 12.1 Å². The van der Waals surface area contributed by atoms with Crippen LogP contribution in [0.3, 0.4) is 0 Å². The smallest absolute Gasteiger partial charge is 0.395 e. The Balaban J connectivity index is 2.58. The summed E-state index contributed by atoms with van der Waals surface area (Å²) in [7, 11) is 0. The summed E-state index contributed by atoms with van der Waals surface area (Å²) in [5.74, 6) is 4.75. The van der Waals surface area contributed by atoms with Crippen molar-refractivity contribution >= 4 is 11.6 Å². The van der Waals surface area contributed by atoms with Crippen molar-refractivity contribution in [3.8, 4) is 11.8 Å². The number of rotatable bonds is 5.